The summed E-state index contributed by atoms with van der Waals surface area (Å²) >= 11 is 6.07. The standard InChI is InChI=1S/C30H31ClN4O4/c1-20(2)17-34(29(37)22-6-5-7-26(16-22)39-4)19-28(36)33-30-32-27(21-8-10-23(31)11-9-21)18-35(30)24-12-14-25(38-3)15-13-24/h5-16,18,20H,17,19H2,1-4H3,(H,32,33,36). The van der Waals surface area contributed by atoms with Crippen LogP contribution < -0.4 is 14.8 Å². The molecule has 0 spiro atoms. The van der Waals surface area contributed by atoms with Crippen molar-refractivity contribution in [2.45, 2.75) is 13.8 Å². The summed E-state index contributed by atoms with van der Waals surface area (Å²) in [5, 5.41) is 3.53. The number of ether oxygens (including phenoxy) is 2. The van der Waals surface area contributed by atoms with Crippen LogP contribution in [0.1, 0.15) is 24.2 Å². The van der Waals surface area contributed by atoms with E-state index >= 15 is 0 Å². The second-order valence-corrected chi connectivity index (χ2v) is 9.82. The van der Waals surface area contributed by atoms with Crippen molar-refractivity contribution in [3.05, 3.63) is 89.6 Å². The van der Waals surface area contributed by atoms with Crippen molar-refractivity contribution in [1.29, 1.82) is 0 Å². The Morgan fingerprint density at radius 3 is 2.31 bits per heavy atom. The molecule has 0 fully saturated rings. The van der Waals surface area contributed by atoms with Gasteiger partial charge in [0.15, 0.2) is 0 Å². The summed E-state index contributed by atoms with van der Waals surface area (Å²) < 4.78 is 12.3. The van der Waals surface area contributed by atoms with E-state index in [1.807, 2.05) is 56.4 Å². The number of aromatic nitrogens is 2. The minimum Gasteiger partial charge on any atom is -0.497 e. The Morgan fingerprint density at radius 2 is 1.67 bits per heavy atom. The lowest BCUT2D eigenvalue weighted by Crippen LogP contribution is -2.40. The zero-order valence-electron chi connectivity index (χ0n) is 22.3. The SMILES string of the molecule is COc1ccc(-n2cc(-c3ccc(Cl)cc3)nc2NC(=O)CN(CC(C)C)C(=O)c2cccc(OC)c2)cc1. The fraction of sp³-hybridized carbons (Fsp3) is 0.233. The molecule has 202 valence electrons. The second-order valence-electron chi connectivity index (χ2n) is 9.38. The van der Waals surface area contributed by atoms with E-state index < -0.39 is 0 Å². The average molecular weight is 547 g/mol. The molecule has 0 radical (unpaired) electrons. The number of anilines is 1. The van der Waals surface area contributed by atoms with E-state index in [-0.39, 0.29) is 24.3 Å². The smallest absolute Gasteiger partial charge is 0.254 e. The summed E-state index contributed by atoms with van der Waals surface area (Å²) in [5.41, 5.74) is 2.74. The zero-order chi connectivity index (χ0) is 27.9. The van der Waals surface area contributed by atoms with Gasteiger partial charge in [-0.15, -0.1) is 0 Å². The highest BCUT2D eigenvalue weighted by Crippen LogP contribution is 2.26. The quantitative estimate of drug-likeness (QED) is 0.266. The molecule has 1 heterocycles. The summed E-state index contributed by atoms with van der Waals surface area (Å²) in [5.74, 6) is 1.15. The minimum atomic E-state index is -0.366. The maximum atomic E-state index is 13.3. The fourth-order valence-electron chi connectivity index (χ4n) is 4.10. The lowest BCUT2D eigenvalue weighted by Gasteiger charge is -2.24. The van der Waals surface area contributed by atoms with E-state index in [2.05, 4.69) is 5.32 Å². The Kier molecular flexibility index (Phi) is 8.88. The Bertz CT molecular complexity index is 1430. The number of imidazole rings is 1. The van der Waals surface area contributed by atoms with Crippen LogP contribution >= 0.6 is 11.6 Å². The van der Waals surface area contributed by atoms with E-state index in [0.717, 1.165) is 11.3 Å². The van der Waals surface area contributed by atoms with Gasteiger partial charge in [-0.3, -0.25) is 19.5 Å². The molecule has 4 aromatic rings. The third kappa shape index (κ3) is 6.97. The van der Waals surface area contributed by atoms with Gasteiger partial charge in [0.05, 0.1) is 19.9 Å². The molecule has 9 heteroatoms. The number of nitrogens with zero attached hydrogens (tertiary/aromatic N) is 3. The van der Waals surface area contributed by atoms with E-state index in [9.17, 15) is 9.59 Å². The van der Waals surface area contributed by atoms with Crippen molar-refractivity contribution < 1.29 is 19.1 Å². The Morgan fingerprint density at radius 1 is 0.974 bits per heavy atom. The fourth-order valence-corrected chi connectivity index (χ4v) is 4.23. The molecule has 0 saturated carbocycles. The largest absolute Gasteiger partial charge is 0.497 e. The summed E-state index contributed by atoms with van der Waals surface area (Å²) in [4.78, 5) is 32.9. The number of nitrogens with one attached hydrogen (secondary N) is 1. The normalized spacial score (nSPS) is 10.8. The summed E-state index contributed by atoms with van der Waals surface area (Å²) in [6, 6.07) is 21.6. The Hall–Kier alpha value is -4.30. The molecule has 39 heavy (non-hydrogen) atoms. The first-order chi connectivity index (χ1) is 18.8. The molecule has 8 nitrogen and oxygen atoms in total. The van der Waals surface area contributed by atoms with Gasteiger partial charge in [0.25, 0.3) is 5.91 Å². The molecular formula is C30H31ClN4O4. The van der Waals surface area contributed by atoms with Gasteiger partial charge in [-0.25, -0.2) is 4.98 Å². The first kappa shape index (κ1) is 27.7. The van der Waals surface area contributed by atoms with Crippen LogP contribution in [-0.2, 0) is 4.79 Å². The second kappa shape index (κ2) is 12.5. The predicted octanol–water partition coefficient (Wildman–Crippen LogP) is 5.95. The highest BCUT2D eigenvalue weighted by Gasteiger charge is 2.22. The first-order valence-electron chi connectivity index (χ1n) is 12.5. The first-order valence-corrected chi connectivity index (χ1v) is 12.9. The van der Waals surface area contributed by atoms with Gasteiger partial charge >= 0.3 is 0 Å². The Balaban J connectivity index is 1.62. The van der Waals surface area contributed by atoms with Gasteiger partial charge < -0.3 is 14.4 Å². The molecule has 0 aliphatic heterocycles. The summed E-state index contributed by atoms with van der Waals surface area (Å²) in [6.07, 6.45) is 1.84. The van der Waals surface area contributed by atoms with Gasteiger partial charge in [-0.05, 0) is 60.5 Å². The predicted molar refractivity (Wildman–Crippen MR) is 153 cm³/mol. The lowest BCUT2D eigenvalue weighted by molar-refractivity contribution is -0.117. The van der Waals surface area contributed by atoms with Crippen molar-refractivity contribution in [3.63, 3.8) is 0 Å². The van der Waals surface area contributed by atoms with Crippen LogP contribution in [0.3, 0.4) is 0 Å². The molecule has 0 saturated heterocycles. The number of hydrogen-bond acceptors (Lipinski definition) is 5. The third-order valence-electron chi connectivity index (χ3n) is 5.97. The third-order valence-corrected chi connectivity index (χ3v) is 6.22. The molecule has 4 rings (SSSR count). The number of benzene rings is 3. The van der Waals surface area contributed by atoms with Crippen LogP contribution in [0.2, 0.25) is 5.02 Å². The van der Waals surface area contributed by atoms with Gasteiger partial charge in [-0.2, -0.15) is 0 Å². The maximum absolute atomic E-state index is 13.3. The topological polar surface area (TPSA) is 85.7 Å². The van der Waals surface area contributed by atoms with Crippen LogP contribution in [0.5, 0.6) is 11.5 Å². The average Bonchev–Trinajstić information content (AvgIpc) is 3.35. The molecule has 1 N–H and O–H groups in total. The van der Waals surface area contributed by atoms with Crippen LogP contribution in [0.15, 0.2) is 79.0 Å². The minimum absolute atomic E-state index is 0.139. The van der Waals surface area contributed by atoms with Gasteiger partial charge in [0, 0.05) is 34.6 Å². The van der Waals surface area contributed by atoms with Crippen molar-refractivity contribution in [2.75, 3.05) is 32.6 Å². The summed E-state index contributed by atoms with van der Waals surface area (Å²) in [7, 11) is 3.15. The number of rotatable bonds is 10. The number of methoxy groups -OCH3 is 2. The molecular weight excluding hydrogens is 516 g/mol. The highest BCUT2D eigenvalue weighted by atomic mass is 35.5. The molecule has 1 aromatic heterocycles. The molecule has 2 amide bonds. The Labute approximate surface area is 233 Å². The maximum Gasteiger partial charge on any atom is 0.254 e. The van der Waals surface area contributed by atoms with Crippen molar-refractivity contribution in [2.24, 2.45) is 5.92 Å². The number of carbonyl (C=O) groups excluding carboxylic acids is 2. The van der Waals surface area contributed by atoms with Gasteiger partial charge in [-0.1, -0.05) is 43.6 Å². The van der Waals surface area contributed by atoms with E-state index in [1.54, 1.807) is 55.2 Å². The summed E-state index contributed by atoms with van der Waals surface area (Å²) in [6.45, 7) is 4.27. The van der Waals surface area contributed by atoms with Gasteiger partial charge in [0.1, 0.15) is 18.0 Å². The van der Waals surface area contributed by atoms with E-state index in [1.165, 1.54) is 4.90 Å². The lowest BCUT2D eigenvalue weighted by atomic mass is 10.1. The monoisotopic (exact) mass is 546 g/mol. The van der Waals surface area contributed by atoms with Gasteiger partial charge in [0.2, 0.25) is 11.9 Å². The van der Waals surface area contributed by atoms with Crippen LogP contribution in [-0.4, -0.2) is 53.6 Å². The number of hydrogen-bond donors (Lipinski definition) is 1. The zero-order valence-corrected chi connectivity index (χ0v) is 23.1. The number of halogens is 1. The van der Waals surface area contributed by atoms with Crippen molar-refractivity contribution >= 4 is 29.4 Å². The van der Waals surface area contributed by atoms with Crippen LogP contribution in [0.4, 0.5) is 5.95 Å². The number of amides is 2. The van der Waals surface area contributed by atoms with Crippen molar-refractivity contribution in [3.8, 4) is 28.4 Å². The number of carbonyl (C=O) groups is 2. The molecule has 0 bridgehead atoms. The van der Waals surface area contributed by atoms with E-state index in [4.69, 9.17) is 26.1 Å². The molecule has 0 unspecified atom stereocenters. The van der Waals surface area contributed by atoms with Crippen LogP contribution in [0.25, 0.3) is 16.9 Å². The molecule has 3 aromatic carbocycles. The molecule has 0 aliphatic carbocycles. The van der Waals surface area contributed by atoms with Crippen molar-refractivity contribution in [1.82, 2.24) is 14.5 Å². The van der Waals surface area contributed by atoms with E-state index in [0.29, 0.717) is 40.3 Å². The molecule has 0 atom stereocenters. The van der Waals surface area contributed by atoms with Crippen LogP contribution in [0, 0.1) is 5.92 Å². The molecule has 0 aliphatic rings. The highest BCUT2D eigenvalue weighted by molar-refractivity contribution is 6.30.